The number of nitrogens with one attached hydrogen (secondary N) is 2. The molecule has 0 aliphatic carbocycles. The van der Waals surface area contributed by atoms with E-state index in [0.717, 1.165) is 0 Å². The number of amides is 2. The molecule has 0 saturated carbocycles. The largest absolute Gasteiger partial charge is 0.343 e. The maximum absolute atomic E-state index is 12.1. The Morgan fingerprint density at radius 2 is 1.96 bits per heavy atom. The van der Waals surface area contributed by atoms with Crippen molar-refractivity contribution in [3.05, 3.63) is 39.4 Å². The Bertz CT molecular complexity index is 688. The van der Waals surface area contributed by atoms with E-state index in [0.29, 0.717) is 18.4 Å². The number of carbonyl (C=O) groups is 2. The van der Waals surface area contributed by atoms with Crippen molar-refractivity contribution >= 4 is 17.5 Å². The van der Waals surface area contributed by atoms with E-state index in [1.807, 2.05) is 13.8 Å². The van der Waals surface area contributed by atoms with Crippen molar-refractivity contribution < 1.29 is 14.5 Å². The predicted molar refractivity (Wildman–Crippen MR) is 90.5 cm³/mol. The first-order valence-electron chi connectivity index (χ1n) is 7.60. The van der Waals surface area contributed by atoms with E-state index >= 15 is 0 Å². The van der Waals surface area contributed by atoms with E-state index < -0.39 is 22.3 Å². The zero-order valence-corrected chi connectivity index (χ0v) is 14.0. The molecule has 0 unspecified atom stereocenters. The van der Waals surface area contributed by atoms with Crippen LogP contribution in [0.3, 0.4) is 0 Å². The molecule has 0 fully saturated rings. The van der Waals surface area contributed by atoms with Crippen LogP contribution in [0.25, 0.3) is 0 Å². The number of benzene rings is 1. The van der Waals surface area contributed by atoms with Gasteiger partial charge in [-0.3, -0.25) is 19.7 Å². The fourth-order valence-electron chi connectivity index (χ4n) is 2.19. The molecule has 0 radical (unpaired) electrons. The second kappa shape index (κ2) is 8.11. The van der Waals surface area contributed by atoms with Crippen molar-refractivity contribution in [1.82, 2.24) is 10.6 Å². The highest BCUT2D eigenvalue weighted by Gasteiger charge is 2.25. The lowest BCUT2D eigenvalue weighted by atomic mass is 9.94. The summed E-state index contributed by atoms with van der Waals surface area (Å²) in [6.45, 7) is 5.06. The van der Waals surface area contributed by atoms with Crippen molar-refractivity contribution in [3.8, 4) is 12.3 Å². The molecule has 0 heterocycles. The number of rotatable bonds is 7. The molecule has 0 aliphatic heterocycles. The zero-order chi connectivity index (χ0) is 18.3. The molecule has 0 spiro atoms. The van der Waals surface area contributed by atoms with Crippen LogP contribution in [0.4, 0.5) is 5.69 Å². The summed E-state index contributed by atoms with van der Waals surface area (Å²) in [5, 5.41) is 16.1. The molecule has 0 aliphatic rings. The molecule has 7 nitrogen and oxygen atoms in total. The second-order valence-electron chi connectivity index (χ2n) is 5.42. The van der Waals surface area contributed by atoms with Crippen LogP contribution in [0.2, 0.25) is 0 Å². The van der Waals surface area contributed by atoms with E-state index in [-0.39, 0.29) is 17.8 Å². The van der Waals surface area contributed by atoms with E-state index in [9.17, 15) is 19.7 Å². The van der Waals surface area contributed by atoms with Crippen molar-refractivity contribution in [1.29, 1.82) is 0 Å². The van der Waals surface area contributed by atoms with Gasteiger partial charge >= 0.3 is 0 Å². The van der Waals surface area contributed by atoms with Crippen molar-refractivity contribution in [2.24, 2.45) is 0 Å². The number of carbonyl (C=O) groups excluding carboxylic acids is 2. The van der Waals surface area contributed by atoms with Gasteiger partial charge in [0.15, 0.2) is 0 Å². The number of nitro groups is 1. The standard InChI is InChI=1S/C17H21N3O4/c1-5-17(6-2,7-3)19-15(21)11-18-16(22)13-9-8-12(4)14(10-13)20(23)24/h1,8-10H,6-7,11H2,2-4H3,(H,18,22)(H,19,21). The molecule has 24 heavy (non-hydrogen) atoms. The summed E-state index contributed by atoms with van der Waals surface area (Å²) in [6.07, 6.45) is 6.61. The van der Waals surface area contributed by atoms with Gasteiger partial charge in [0.05, 0.1) is 11.5 Å². The van der Waals surface area contributed by atoms with Gasteiger partial charge in [-0.1, -0.05) is 25.8 Å². The minimum atomic E-state index is -0.732. The molecule has 0 atom stereocenters. The lowest BCUT2D eigenvalue weighted by Gasteiger charge is -2.27. The number of terminal acetylenes is 1. The molecular formula is C17H21N3O4. The number of aryl methyl sites for hydroxylation is 1. The highest BCUT2D eigenvalue weighted by atomic mass is 16.6. The van der Waals surface area contributed by atoms with Crippen molar-refractivity contribution in [2.75, 3.05) is 6.54 Å². The average Bonchev–Trinajstić information content (AvgIpc) is 2.57. The third-order valence-electron chi connectivity index (χ3n) is 3.94. The van der Waals surface area contributed by atoms with Gasteiger partial charge in [0, 0.05) is 17.2 Å². The molecule has 128 valence electrons. The highest BCUT2D eigenvalue weighted by molar-refractivity contribution is 5.97. The van der Waals surface area contributed by atoms with E-state index in [2.05, 4.69) is 16.6 Å². The predicted octanol–water partition coefficient (Wildman–Crippen LogP) is 1.94. The van der Waals surface area contributed by atoms with Crippen LogP contribution in [0.15, 0.2) is 18.2 Å². The number of nitro benzene ring substituents is 1. The van der Waals surface area contributed by atoms with Gasteiger partial charge in [-0.25, -0.2) is 0 Å². The summed E-state index contributed by atoms with van der Waals surface area (Å²) < 4.78 is 0. The quantitative estimate of drug-likeness (QED) is 0.453. The Morgan fingerprint density at radius 1 is 1.33 bits per heavy atom. The maximum atomic E-state index is 12.1. The summed E-state index contributed by atoms with van der Waals surface area (Å²) in [7, 11) is 0. The lowest BCUT2D eigenvalue weighted by Crippen LogP contribution is -2.50. The smallest absolute Gasteiger partial charge is 0.273 e. The first-order valence-corrected chi connectivity index (χ1v) is 7.60. The molecule has 2 amide bonds. The minimum absolute atomic E-state index is 0.120. The zero-order valence-electron chi connectivity index (χ0n) is 14.0. The van der Waals surface area contributed by atoms with Crippen LogP contribution < -0.4 is 10.6 Å². The summed E-state index contributed by atoms with van der Waals surface area (Å²) >= 11 is 0. The molecule has 2 N–H and O–H groups in total. The van der Waals surface area contributed by atoms with Gasteiger partial charge in [0.1, 0.15) is 5.54 Å². The first-order chi connectivity index (χ1) is 11.3. The minimum Gasteiger partial charge on any atom is -0.343 e. The topological polar surface area (TPSA) is 101 Å². The Balaban J connectivity index is 2.73. The molecule has 7 heteroatoms. The third kappa shape index (κ3) is 4.56. The summed E-state index contributed by atoms with van der Waals surface area (Å²) in [6, 6.07) is 4.15. The average molecular weight is 331 g/mol. The SMILES string of the molecule is C#CC(CC)(CC)NC(=O)CNC(=O)c1ccc(C)c([N+](=O)[O-])c1. The fraction of sp³-hybridized carbons (Fsp3) is 0.412. The summed E-state index contributed by atoms with van der Waals surface area (Å²) in [4.78, 5) is 34.4. The van der Waals surface area contributed by atoms with Crippen LogP contribution in [0.1, 0.15) is 42.6 Å². The molecule has 0 bridgehead atoms. The van der Waals surface area contributed by atoms with Gasteiger partial charge in [-0.15, -0.1) is 6.42 Å². The molecule has 1 rings (SSSR count). The van der Waals surface area contributed by atoms with Gasteiger partial charge in [-0.05, 0) is 25.8 Å². The van der Waals surface area contributed by atoms with E-state index in [4.69, 9.17) is 6.42 Å². The summed E-state index contributed by atoms with van der Waals surface area (Å²) in [5.41, 5.74) is -0.298. The van der Waals surface area contributed by atoms with Crippen molar-refractivity contribution in [2.45, 2.75) is 39.2 Å². The van der Waals surface area contributed by atoms with Crippen LogP contribution >= 0.6 is 0 Å². The van der Waals surface area contributed by atoms with Gasteiger partial charge in [-0.2, -0.15) is 0 Å². The second-order valence-corrected chi connectivity index (χ2v) is 5.42. The molecule has 0 aromatic heterocycles. The molecule has 1 aromatic rings. The Labute approximate surface area is 141 Å². The van der Waals surface area contributed by atoms with Crippen LogP contribution in [0.5, 0.6) is 0 Å². The summed E-state index contributed by atoms with van der Waals surface area (Å²) in [5.74, 6) is 1.60. The Kier molecular flexibility index (Phi) is 6.48. The number of hydrogen-bond acceptors (Lipinski definition) is 4. The first kappa shape index (κ1) is 19.2. The third-order valence-corrected chi connectivity index (χ3v) is 3.94. The van der Waals surface area contributed by atoms with E-state index in [1.54, 1.807) is 6.92 Å². The Morgan fingerprint density at radius 3 is 2.46 bits per heavy atom. The Hall–Kier alpha value is -2.88. The fourth-order valence-corrected chi connectivity index (χ4v) is 2.19. The maximum Gasteiger partial charge on any atom is 0.273 e. The lowest BCUT2D eigenvalue weighted by molar-refractivity contribution is -0.385. The van der Waals surface area contributed by atoms with Crippen LogP contribution in [-0.2, 0) is 4.79 Å². The number of hydrogen-bond donors (Lipinski definition) is 2. The number of nitrogens with zero attached hydrogens (tertiary/aromatic N) is 1. The monoisotopic (exact) mass is 331 g/mol. The van der Waals surface area contributed by atoms with Crippen LogP contribution in [-0.4, -0.2) is 28.8 Å². The van der Waals surface area contributed by atoms with Gasteiger partial charge in [0.25, 0.3) is 11.6 Å². The van der Waals surface area contributed by atoms with E-state index in [1.165, 1.54) is 18.2 Å². The molecule has 0 saturated heterocycles. The molecular weight excluding hydrogens is 310 g/mol. The van der Waals surface area contributed by atoms with Gasteiger partial charge < -0.3 is 10.6 Å². The van der Waals surface area contributed by atoms with Crippen molar-refractivity contribution in [3.63, 3.8) is 0 Å². The molecule has 1 aromatic carbocycles. The van der Waals surface area contributed by atoms with Gasteiger partial charge in [0.2, 0.25) is 5.91 Å². The normalized spacial score (nSPS) is 10.6. The van der Waals surface area contributed by atoms with Crippen LogP contribution in [0, 0.1) is 29.4 Å². The highest BCUT2D eigenvalue weighted by Crippen LogP contribution is 2.19.